The number of rotatable bonds is 6. The van der Waals surface area contributed by atoms with Gasteiger partial charge >= 0.3 is 0 Å². The molecule has 4 rings (SSSR count). The fraction of sp³-hybridized carbons (Fsp3) is 0.238. The van der Waals surface area contributed by atoms with Crippen LogP contribution in [0, 0.1) is 0 Å². The van der Waals surface area contributed by atoms with Crippen molar-refractivity contribution in [1.29, 1.82) is 0 Å². The molecular weight excluding hydrogens is 324 g/mol. The predicted octanol–water partition coefficient (Wildman–Crippen LogP) is 3.83. The molecule has 2 heterocycles. The zero-order valence-corrected chi connectivity index (χ0v) is 14.9. The van der Waals surface area contributed by atoms with Crippen LogP contribution in [0.5, 0.6) is 5.75 Å². The Kier molecular flexibility index (Phi) is 4.69. The predicted molar refractivity (Wildman–Crippen MR) is 104 cm³/mol. The van der Waals surface area contributed by atoms with E-state index in [1.807, 2.05) is 24.4 Å². The largest absolute Gasteiger partial charge is 0.497 e. The third kappa shape index (κ3) is 3.47. The standard InChI is InChI=1S/C21H22N4O/c1-26-18-7-4-5-16(15-18)9-12-22-21-23-13-10-20(24-21)25-14-11-17-6-2-3-8-19(17)25/h2-8,10,13,15H,9,11-12,14H2,1H3,(H,22,23,24). The van der Waals surface area contributed by atoms with Crippen LogP contribution in [0.1, 0.15) is 11.1 Å². The lowest BCUT2D eigenvalue weighted by Gasteiger charge is -2.18. The molecule has 0 amide bonds. The van der Waals surface area contributed by atoms with Crippen molar-refractivity contribution in [2.75, 3.05) is 30.4 Å². The maximum absolute atomic E-state index is 5.27. The number of aromatic nitrogens is 2. The summed E-state index contributed by atoms with van der Waals surface area (Å²) in [6.45, 7) is 1.73. The number of fused-ring (bicyclic) bond motifs is 1. The molecule has 132 valence electrons. The molecule has 0 unspecified atom stereocenters. The number of nitrogens with one attached hydrogen (secondary N) is 1. The lowest BCUT2D eigenvalue weighted by Crippen LogP contribution is -2.16. The molecule has 5 heteroatoms. The summed E-state index contributed by atoms with van der Waals surface area (Å²) in [5, 5.41) is 3.33. The molecular formula is C21H22N4O. The van der Waals surface area contributed by atoms with Gasteiger partial charge in [0.25, 0.3) is 0 Å². The van der Waals surface area contributed by atoms with Crippen LogP contribution < -0.4 is 15.0 Å². The molecule has 0 aliphatic carbocycles. The van der Waals surface area contributed by atoms with Gasteiger partial charge in [-0.25, -0.2) is 4.98 Å². The first-order valence-corrected chi connectivity index (χ1v) is 8.89. The van der Waals surface area contributed by atoms with Gasteiger partial charge in [-0.05, 0) is 48.2 Å². The van der Waals surface area contributed by atoms with E-state index in [1.165, 1.54) is 16.8 Å². The zero-order valence-electron chi connectivity index (χ0n) is 14.9. The Labute approximate surface area is 153 Å². The van der Waals surface area contributed by atoms with Gasteiger partial charge in [0.05, 0.1) is 7.11 Å². The van der Waals surface area contributed by atoms with Gasteiger partial charge < -0.3 is 15.0 Å². The van der Waals surface area contributed by atoms with E-state index in [0.29, 0.717) is 5.95 Å². The Morgan fingerprint density at radius 2 is 2.04 bits per heavy atom. The van der Waals surface area contributed by atoms with Crippen LogP contribution in [0.25, 0.3) is 0 Å². The number of hydrogen-bond donors (Lipinski definition) is 1. The minimum atomic E-state index is 0.662. The fourth-order valence-electron chi connectivity index (χ4n) is 3.31. The second-order valence-corrected chi connectivity index (χ2v) is 6.30. The van der Waals surface area contributed by atoms with Gasteiger partial charge in [-0.1, -0.05) is 30.3 Å². The summed E-state index contributed by atoms with van der Waals surface area (Å²) < 4.78 is 5.27. The number of methoxy groups -OCH3 is 1. The molecule has 1 aliphatic heterocycles. The third-order valence-electron chi connectivity index (χ3n) is 4.64. The van der Waals surface area contributed by atoms with Crippen LogP contribution >= 0.6 is 0 Å². The number of ether oxygens (including phenoxy) is 1. The number of anilines is 3. The van der Waals surface area contributed by atoms with E-state index in [2.05, 4.69) is 51.6 Å². The monoisotopic (exact) mass is 346 g/mol. The van der Waals surface area contributed by atoms with Crippen LogP contribution in [-0.2, 0) is 12.8 Å². The van der Waals surface area contributed by atoms with Gasteiger partial charge in [0.1, 0.15) is 11.6 Å². The van der Waals surface area contributed by atoms with Crippen LogP contribution in [-0.4, -0.2) is 30.2 Å². The SMILES string of the molecule is COc1cccc(CCNc2nccc(N3CCc4ccccc43)n2)c1. The van der Waals surface area contributed by atoms with E-state index in [1.54, 1.807) is 7.11 Å². The Bertz CT molecular complexity index is 896. The lowest BCUT2D eigenvalue weighted by molar-refractivity contribution is 0.414. The second kappa shape index (κ2) is 7.44. The maximum Gasteiger partial charge on any atom is 0.224 e. The Hall–Kier alpha value is -3.08. The van der Waals surface area contributed by atoms with Crippen LogP contribution in [0.2, 0.25) is 0 Å². The molecule has 0 bridgehead atoms. The van der Waals surface area contributed by atoms with Gasteiger partial charge in [0.2, 0.25) is 5.95 Å². The van der Waals surface area contributed by atoms with Crippen molar-refractivity contribution < 1.29 is 4.74 Å². The first-order chi connectivity index (χ1) is 12.8. The molecule has 0 fully saturated rings. The fourth-order valence-corrected chi connectivity index (χ4v) is 3.31. The lowest BCUT2D eigenvalue weighted by atomic mass is 10.1. The third-order valence-corrected chi connectivity index (χ3v) is 4.64. The van der Waals surface area contributed by atoms with Crippen molar-refractivity contribution in [2.45, 2.75) is 12.8 Å². The molecule has 0 saturated carbocycles. The highest BCUT2D eigenvalue weighted by molar-refractivity contribution is 5.67. The van der Waals surface area contributed by atoms with E-state index >= 15 is 0 Å². The van der Waals surface area contributed by atoms with Crippen LogP contribution in [0.4, 0.5) is 17.5 Å². The van der Waals surface area contributed by atoms with Crippen molar-refractivity contribution >= 4 is 17.5 Å². The van der Waals surface area contributed by atoms with Crippen molar-refractivity contribution in [3.05, 3.63) is 71.9 Å². The van der Waals surface area contributed by atoms with E-state index < -0.39 is 0 Å². The molecule has 0 saturated heterocycles. The van der Waals surface area contributed by atoms with Crippen molar-refractivity contribution in [1.82, 2.24) is 9.97 Å². The molecule has 0 spiro atoms. The summed E-state index contributed by atoms with van der Waals surface area (Å²) in [5.41, 5.74) is 3.84. The average molecular weight is 346 g/mol. The van der Waals surface area contributed by atoms with Crippen LogP contribution in [0.3, 0.4) is 0 Å². The molecule has 0 radical (unpaired) electrons. The van der Waals surface area contributed by atoms with Gasteiger partial charge in [0, 0.05) is 25.0 Å². The quantitative estimate of drug-likeness (QED) is 0.735. The number of benzene rings is 2. The molecule has 0 atom stereocenters. The summed E-state index contributed by atoms with van der Waals surface area (Å²) in [7, 11) is 1.69. The van der Waals surface area contributed by atoms with Crippen molar-refractivity contribution in [3.8, 4) is 5.75 Å². The van der Waals surface area contributed by atoms with E-state index in [4.69, 9.17) is 9.72 Å². The molecule has 1 N–H and O–H groups in total. The molecule has 26 heavy (non-hydrogen) atoms. The van der Waals surface area contributed by atoms with Gasteiger partial charge in [0.15, 0.2) is 0 Å². The maximum atomic E-state index is 5.27. The van der Waals surface area contributed by atoms with Crippen LogP contribution in [0.15, 0.2) is 60.8 Å². The average Bonchev–Trinajstić information content (AvgIpc) is 3.13. The number of nitrogens with zero attached hydrogens (tertiary/aromatic N) is 3. The number of hydrogen-bond acceptors (Lipinski definition) is 5. The second-order valence-electron chi connectivity index (χ2n) is 6.30. The minimum absolute atomic E-state index is 0.662. The molecule has 1 aromatic heterocycles. The highest BCUT2D eigenvalue weighted by Gasteiger charge is 2.20. The van der Waals surface area contributed by atoms with E-state index in [0.717, 1.165) is 37.5 Å². The summed E-state index contributed by atoms with van der Waals surface area (Å²) >= 11 is 0. The zero-order chi connectivity index (χ0) is 17.8. The van der Waals surface area contributed by atoms with Crippen molar-refractivity contribution in [3.63, 3.8) is 0 Å². The van der Waals surface area contributed by atoms with Crippen molar-refractivity contribution in [2.24, 2.45) is 0 Å². The molecule has 3 aromatic rings. The highest BCUT2D eigenvalue weighted by Crippen LogP contribution is 2.33. The summed E-state index contributed by atoms with van der Waals surface area (Å²) in [6.07, 6.45) is 3.76. The Balaban J connectivity index is 1.42. The Morgan fingerprint density at radius 3 is 2.96 bits per heavy atom. The molecule has 5 nitrogen and oxygen atoms in total. The minimum Gasteiger partial charge on any atom is -0.497 e. The van der Waals surface area contributed by atoms with E-state index in [9.17, 15) is 0 Å². The summed E-state index contributed by atoms with van der Waals surface area (Å²) in [6, 6.07) is 18.6. The first-order valence-electron chi connectivity index (χ1n) is 8.89. The van der Waals surface area contributed by atoms with E-state index in [-0.39, 0.29) is 0 Å². The molecule has 1 aliphatic rings. The van der Waals surface area contributed by atoms with Gasteiger partial charge in [-0.3, -0.25) is 0 Å². The van der Waals surface area contributed by atoms with Gasteiger partial charge in [-0.2, -0.15) is 4.98 Å². The van der Waals surface area contributed by atoms with Gasteiger partial charge in [-0.15, -0.1) is 0 Å². The highest BCUT2D eigenvalue weighted by atomic mass is 16.5. The normalized spacial score (nSPS) is 12.7. The Morgan fingerprint density at radius 1 is 1.12 bits per heavy atom. The summed E-state index contributed by atoms with van der Waals surface area (Å²) in [4.78, 5) is 11.3. The summed E-state index contributed by atoms with van der Waals surface area (Å²) in [5.74, 6) is 2.48. The first kappa shape index (κ1) is 16.4. The topological polar surface area (TPSA) is 50.3 Å². The number of para-hydroxylation sites is 1. The molecule has 2 aromatic carbocycles. The smallest absolute Gasteiger partial charge is 0.224 e.